The largest absolute Gasteiger partial charge is 0.496 e. The van der Waals surface area contributed by atoms with Crippen molar-refractivity contribution in [2.24, 2.45) is 0 Å². The van der Waals surface area contributed by atoms with E-state index in [4.69, 9.17) is 14.5 Å². The van der Waals surface area contributed by atoms with E-state index in [1.54, 1.807) is 25.3 Å². The molecule has 80 valence electrons. The van der Waals surface area contributed by atoms with E-state index in [0.29, 0.717) is 24.5 Å². The van der Waals surface area contributed by atoms with Crippen LogP contribution in [0.3, 0.4) is 0 Å². The van der Waals surface area contributed by atoms with Gasteiger partial charge in [-0.25, -0.2) is 0 Å². The standard InChI is InChI=1S/C10H13BO4/c1-14-9-4-7(11-13)2-3-8(9)10(12)5-15-6-10/h2-4,11-13H,5-6H2,1H3. The maximum atomic E-state index is 10.1. The Morgan fingerprint density at radius 3 is 2.67 bits per heavy atom. The van der Waals surface area contributed by atoms with E-state index in [0.717, 1.165) is 5.46 Å². The Morgan fingerprint density at radius 1 is 1.47 bits per heavy atom. The summed E-state index contributed by atoms with van der Waals surface area (Å²) in [4.78, 5) is 0. The fourth-order valence-electron chi connectivity index (χ4n) is 1.67. The third-order valence-corrected chi connectivity index (χ3v) is 2.63. The van der Waals surface area contributed by atoms with Crippen LogP contribution < -0.4 is 10.2 Å². The number of benzene rings is 1. The summed E-state index contributed by atoms with van der Waals surface area (Å²) in [6.45, 7) is 0.587. The maximum Gasteiger partial charge on any atom is 0.304 e. The van der Waals surface area contributed by atoms with Gasteiger partial charge in [0.1, 0.15) is 11.4 Å². The third kappa shape index (κ3) is 1.74. The lowest BCUT2D eigenvalue weighted by atomic mass is 9.84. The van der Waals surface area contributed by atoms with Gasteiger partial charge in [-0.05, 0) is 11.5 Å². The van der Waals surface area contributed by atoms with Gasteiger partial charge in [0.15, 0.2) is 0 Å². The summed E-state index contributed by atoms with van der Waals surface area (Å²) >= 11 is 0. The number of aliphatic hydroxyl groups is 1. The molecule has 1 heterocycles. The van der Waals surface area contributed by atoms with E-state index in [-0.39, 0.29) is 7.48 Å². The second-order valence-electron chi connectivity index (χ2n) is 3.72. The van der Waals surface area contributed by atoms with Gasteiger partial charge in [-0.15, -0.1) is 0 Å². The van der Waals surface area contributed by atoms with Gasteiger partial charge in [0.25, 0.3) is 0 Å². The molecule has 1 aliphatic rings. The molecule has 1 fully saturated rings. The van der Waals surface area contributed by atoms with E-state index < -0.39 is 5.60 Å². The zero-order valence-corrected chi connectivity index (χ0v) is 8.56. The molecule has 0 radical (unpaired) electrons. The van der Waals surface area contributed by atoms with Crippen LogP contribution in [-0.4, -0.2) is 37.9 Å². The van der Waals surface area contributed by atoms with Crippen molar-refractivity contribution in [3.05, 3.63) is 23.8 Å². The minimum absolute atomic E-state index is 0.0361. The molecule has 0 bridgehead atoms. The van der Waals surface area contributed by atoms with Crippen molar-refractivity contribution >= 4 is 12.9 Å². The SMILES string of the molecule is COc1cc(BO)ccc1C1(O)COC1. The monoisotopic (exact) mass is 208 g/mol. The highest BCUT2D eigenvalue weighted by atomic mass is 16.5. The molecule has 0 atom stereocenters. The molecule has 15 heavy (non-hydrogen) atoms. The van der Waals surface area contributed by atoms with Gasteiger partial charge >= 0.3 is 7.48 Å². The summed E-state index contributed by atoms with van der Waals surface area (Å²) in [6, 6.07) is 5.27. The second kappa shape index (κ2) is 3.85. The molecule has 0 saturated carbocycles. The number of hydrogen-bond donors (Lipinski definition) is 2. The van der Waals surface area contributed by atoms with E-state index in [2.05, 4.69) is 0 Å². The molecule has 0 aromatic heterocycles. The number of ether oxygens (including phenoxy) is 2. The van der Waals surface area contributed by atoms with Crippen LogP contribution in [0, 0.1) is 0 Å². The highest BCUT2D eigenvalue weighted by Crippen LogP contribution is 2.34. The first-order valence-corrected chi connectivity index (χ1v) is 4.78. The molecule has 4 nitrogen and oxygen atoms in total. The predicted octanol–water partition coefficient (Wildman–Crippen LogP) is -1.12. The molecule has 2 N–H and O–H groups in total. The summed E-state index contributed by atoms with van der Waals surface area (Å²) in [5.41, 5.74) is 0.548. The molecular weight excluding hydrogens is 195 g/mol. The summed E-state index contributed by atoms with van der Waals surface area (Å²) in [5.74, 6) is 0.590. The fraction of sp³-hybridized carbons (Fsp3) is 0.400. The topological polar surface area (TPSA) is 58.9 Å². The van der Waals surface area contributed by atoms with Crippen LogP contribution in [0.1, 0.15) is 5.56 Å². The summed E-state index contributed by atoms with van der Waals surface area (Å²) in [5, 5.41) is 19.1. The summed E-state index contributed by atoms with van der Waals surface area (Å²) < 4.78 is 10.2. The minimum atomic E-state index is -0.931. The third-order valence-electron chi connectivity index (χ3n) is 2.63. The predicted molar refractivity (Wildman–Crippen MR) is 56.7 cm³/mol. The zero-order chi connectivity index (χ0) is 10.9. The summed E-state index contributed by atoms with van der Waals surface area (Å²) in [6.07, 6.45) is 0. The molecular formula is C10H13BO4. The van der Waals surface area contributed by atoms with E-state index in [1.807, 2.05) is 0 Å². The quantitative estimate of drug-likeness (QED) is 0.618. The first-order valence-electron chi connectivity index (χ1n) is 4.78. The Morgan fingerprint density at radius 2 is 2.20 bits per heavy atom. The van der Waals surface area contributed by atoms with Crippen molar-refractivity contribution in [1.29, 1.82) is 0 Å². The van der Waals surface area contributed by atoms with Crippen molar-refractivity contribution in [1.82, 2.24) is 0 Å². The van der Waals surface area contributed by atoms with E-state index in [9.17, 15) is 5.11 Å². The molecule has 0 amide bonds. The Bertz CT molecular complexity index is 362. The molecule has 5 heteroatoms. The van der Waals surface area contributed by atoms with Gasteiger partial charge in [0.05, 0.1) is 20.3 Å². The molecule has 1 aliphatic heterocycles. The van der Waals surface area contributed by atoms with Crippen molar-refractivity contribution in [2.75, 3.05) is 20.3 Å². The lowest BCUT2D eigenvalue weighted by Gasteiger charge is -2.37. The molecule has 1 aromatic rings. The van der Waals surface area contributed by atoms with Crippen LogP contribution in [0.2, 0.25) is 0 Å². The molecule has 0 spiro atoms. The Kier molecular flexibility index (Phi) is 2.69. The number of rotatable bonds is 3. The Hall–Kier alpha value is -1.04. The van der Waals surface area contributed by atoms with Crippen LogP contribution in [0.5, 0.6) is 5.75 Å². The first-order chi connectivity index (χ1) is 7.19. The fourth-order valence-corrected chi connectivity index (χ4v) is 1.67. The van der Waals surface area contributed by atoms with Crippen LogP contribution in [0.25, 0.3) is 0 Å². The molecule has 1 saturated heterocycles. The van der Waals surface area contributed by atoms with Crippen LogP contribution in [-0.2, 0) is 10.3 Å². The summed E-state index contributed by atoms with van der Waals surface area (Å²) in [7, 11) is 1.51. The van der Waals surface area contributed by atoms with Crippen molar-refractivity contribution in [3.8, 4) is 5.75 Å². The Labute approximate surface area is 88.7 Å². The average Bonchev–Trinajstić information content (AvgIpc) is 2.25. The van der Waals surface area contributed by atoms with Crippen LogP contribution in [0.4, 0.5) is 0 Å². The molecule has 2 rings (SSSR count). The minimum Gasteiger partial charge on any atom is -0.496 e. The zero-order valence-electron chi connectivity index (χ0n) is 8.56. The average molecular weight is 208 g/mol. The Balaban J connectivity index is 2.38. The van der Waals surface area contributed by atoms with Gasteiger partial charge in [-0.3, -0.25) is 0 Å². The van der Waals surface area contributed by atoms with Crippen LogP contribution >= 0.6 is 0 Å². The second-order valence-corrected chi connectivity index (χ2v) is 3.72. The number of hydrogen-bond acceptors (Lipinski definition) is 4. The lowest BCUT2D eigenvalue weighted by Crippen LogP contribution is -2.46. The highest BCUT2D eigenvalue weighted by molar-refractivity contribution is 6.45. The van der Waals surface area contributed by atoms with Gasteiger partial charge in [0, 0.05) is 5.56 Å². The first kappa shape index (κ1) is 10.5. The van der Waals surface area contributed by atoms with E-state index in [1.165, 1.54) is 0 Å². The van der Waals surface area contributed by atoms with Crippen molar-refractivity contribution < 1.29 is 19.6 Å². The van der Waals surface area contributed by atoms with Crippen molar-refractivity contribution in [2.45, 2.75) is 5.60 Å². The number of methoxy groups -OCH3 is 1. The van der Waals surface area contributed by atoms with Gasteiger partial charge in [-0.2, -0.15) is 0 Å². The smallest absolute Gasteiger partial charge is 0.304 e. The van der Waals surface area contributed by atoms with Gasteiger partial charge < -0.3 is 19.6 Å². The lowest BCUT2D eigenvalue weighted by molar-refractivity contribution is -0.185. The van der Waals surface area contributed by atoms with E-state index >= 15 is 0 Å². The van der Waals surface area contributed by atoms with Crippen molar-refractivity contribution in [3.63, 3.8) is 0 Å². The molecule has 1 aromatic carbocycles. The van der Waals surface area contributed by atoms with Crippen LogP contribution in [0.15, 0.2) is 18.2 Å². The molecule has 0 unspecified atom stereocenters. The van der Waals surface area contributed by atoms with Gasteiger partial charge in [0.2, 0.25) is 0 Å². The highest BCUT2D eigenvalue weighted by Gasteiger charge is 2.40. The molecule has 0 aliphatic carbocycles. The normalized spacial score (nSPS) is 18.1. The van der Waals surface area contributed by atoms with Gasteiger partial charge in [-0.1, -0.05) is 12.1 Å². The maximum absolute atomic E-state index is 10.1.